The number of carboxylic acids is 1. The molecule has 0 fully saturated rings. The molecule has 0 amide bonds. The second-order valence-corrected chi connectivity index (χ2v) is 1.29. The first-order valence-electron chi connectivity index (χ1n) is 2.19. The normalized spacial score (nSPS) is 7.62. The fourth-order valence-corrected chi connectivity index (χ4v) is 0.253. The van der Waals surface area contributed by atoms with Crippen LogP contribution in [0.5, 0.6) is 0 Å². The van der Waals surface area contributed by atoms with Crippen LogP contribution in [0.3, 0.4) is 0 Å². The molecule has 0 bridgehead atoms. The Hall–Kier alpha value is -0.610. The maximum absolute atomic E-state index is 9.70. The summed E-state index contributed by atoms with van der Waals surface area (Å²) in [4.78, 5) is 9.70. The van der Waals surface area contributed by atoms with Crippen LogP contribution < -0.4 is 11.9 Å². The maximum Gasteiger partial charge on any atom is 0.303 e. The summed E-state index contributed by atoms with van der Waals surface area (Å²) in [7, 11) is 0. The predicted molar refractivity (Wildman–Crippen MR) is 30.9 cm³/mol. The van der Waals surface area contributed by atoms with Crippen molar-refractivity contribution in [1.82, 2.24) is 6.15 Å². The summed E-state index contributed by atoms with van der Waals surface area (Å²) >= 11 is 0. The first-order valence-corrected chi connectivity index (χ1v) is 2.19. The van der Waals surface area contributed by atoms with Crippen molar-refractivity contribution in [2.75, 3.05) is 6.54 Å². The zero-order valence-electron chi connectivity index (χ0n) is 4.76. The molecule has 0 aromatic rings. The highest BCUT2D eigenvalue weighted by Gasteiger charge is 1.91. The second kappa shape index (κ2) is 6.39. The van der Waals surface area contributed by atoms with Gasteiger partial charge >= 0.3 is 5.97 Å². The van der Waals surface area contributed by atoms with E-state index >= 15 is 0 Å². The Morgan fingerprint density at radius 1 is 1.62 bits per heavy atom. The average molecular weight is 120 g/mol. The molecular formula is C4H12N2O2. The number of carbonyl (C=O) groups is 1. The van der Waals surface area contributed by atoms with Gasteiger partial charge in [0.2, 0.25) is 0 Å². The van der Waals surface area contributed by atoms with Crippen molar-refractivity contribution in [1.29, 1.82) is 0 Å². The first-order chi connectivity index (χ1) is 3.27. The summed E-state index contributed by atoms with van der Waals surface area (Å²) in [5.74, 6) is -0.773. The van der Waals surface area contributed by atoms with Gasteiger partial charge in [0.15, 0.2) is 0 Å². The minimum absolute atomic E-state index is 0. The fraction of sp³-hybridized carbons (Fsp3) is 0.750. The molecule has 0 atom stereocenters. The van der Waals surface area contributed by atoms with E-state index in [0.29, 0.717) is 13.0 Å². The first kappa shape index (κ1) is 10.4. The minimum atomic E-state index is -0.773. The monoisotopic (exact) mass is 120 g/mol. The van der Waals surface area contributed by atoms with Gasteiger partial charge in [-0.25, -0.2) is 0 Å². The summed E-state index contributed by atoms with van der Waals surface area (Å²) in [6.07, 6.45) is 0.770. The number of hydrogen-bond donors (Lipinski definition) is 3. The van der Waals surface area contributed by atoms with Gasteiger partial charge in [0.1, 0.15) is 0 Å². The topological polar surface area (TPSA) is 98.3 Å². The number of rotatable bonds is 3. The van der Waals surface area contributed by atoms with Crippen LogP contribution in [0.4, 0.5) is 0 Å². The van der Waals surface area contributed by atoms with Gasteiger partial charge in [0.25, 0.3) is 0 Å². The van der Waals surface area contributed by atoms with Gasteiger partial charge < -0.3 is 17.0 Å². The quantitative estimate of drug-likeness (QED) is 0.487. The molecule has 0 aliphatic heterocycles. The summed E-state index contributed by atoms with van der Waals surface area (Å²) in [5.41, 5.74) is 5.01. The van der Waals surface area contributed by atoms with Crippen molar-refractivity contribution in [3.05, 3.63) is 0 Å². The van der Waals surface area contributed by atoms with E-state index in [1.807, 2.05) is 0 Å². The zero-order chi connectivity index (χ0) is 5.70. The zero-order valence-corrected chi connectivity index (χ0v) is 4.76. The van der Waals surface area contributed by atoms with Crippen molar-refractivity contribution in [2.45, 2.75) is 12.8 Å². The van der Waals surface area contributed by atoms with Crippen molar-refractivity contribution < 1.29 is 9.90 Å². The molecule has 50 valence electrons. The van der Waals surface area contributed by atoms with Crippen LogP contribution in [0.15, 0.2) is 0 Å². The molecule has 0 rings (SSSR count). The number of carboxylic acid groups (broad SMARTS) is 1. The molecule has 0 radical (unpaired) electrons. The molecule has 0 saturated carbocycles. The van der Waals surface area contributed by atoms with E-state index in [4.69, 9.17) is 10.8 Å². The molecule has 0 aliphatic rings. The third kappa shape index (κ3) is 9.04. The lowest BCUT2D eigenvalue weighted by atomic mass is 10.3. The summed E-state index contributed by atoms with van der Waals surface area (Å²) < 4.78 is 0. The smallest absolute Gasteiger partial charge is 0.303 e. The second-order valence-electron chi connectivity index (χ2n) is 1.29. The van der Waals surface area contributed by atoms with Gasteiger partial charge in [-0.2, -0.15) is 0 Å². The third-order valence-electron chi connectivity index (χ3n) is 0.595. The minimum Gasteiger partial charge on any atom is -0.481 e. The van der Waals surface area contributed by atoms with E-state index in [1.54, 1.807) is 0 Å². The standard InChI is InChI=1S/C4H9NO2.H3N/c5-3-1-2-4(6)7;/h1-3,5H2,(H,6,7);1H3. The van der Waals surface area contributed by atoms with Gasteiger partial charge in [-0.3, -0.25) is 4.79 Å². The van der Waals surface area contributed by atoms with Gasteiger partial charge in [-0.15, -0.1) is 0 Å². The molecule has 4 nitrogen and oxygen atoms in total. The highest BCUT2D eigenvalue weighted by atomic mass is 16.4. The van der Waals surface area contributed by atoms with Crippen molar-refractivity contribution in [3.8, 4) is 0 Å². The molecule has 4 heteroatoms. The van der Waals surface area contributed by atoms with Crippen LogP contribution in [0.2, 0.25) is 0 Å². The molecular weight excluding hydrogens is 108 g/mol. The lowest BCUT2D eigenvalue weighted by molar-refractivity contribution is -0.137. The highest BCUT2D eigenvalue weighted by Crippen LogP contribution is 1.82. The van der Waals surface area contributed by atoms with E-state index in [9.17, 15) is 4.79 Å². The Labute approximate surface area is 48.3 Å². The Morgan fingerprint density at radius 3 is 2.25 bits per heavy atom. The van der Waals surface area contributed by atoms with Crippen LogP contribution in [0, 0.1) is 0 Å². The number of hydrogen-bond acceptors (Lipinski definition) is 3. The van der Waals surface area contributed by atoms with E-state index in [2.05, 4.69) is 0 Å². The van der Waals surface area contributed by atoms with Gasteiger partial charge in [-0.05, 0) is 13.0 Å². The molecule has 8 heavy (non-hydrogen) atoms. The maximum atomic E-state index is 9.70. The number of nitrogens with two attached hydrogens (primary N) is 1. The molecule has 0 unspecified atom stereocenters. The Balaban J connectivity index is 0. The largest absolute Gasteiger partial charge is 0.481 e. The van der Waals surface area contributed by atoms with E-state index < -0.39 is 5.97 Å². The van der Waals surface area contributed by atoms with E-state index in [1.165, 1.54) is 0 Å². The van der Waals surface area contributed by atoms with Crippen molar-refractivity contribution in [2.24, 2.45) is 5.73 Å². The molecule has 0 saturated heterocycles. The molecule has 0 heterocycles. The van der Waals surface area contributed by atoms with Crippen LogP contribution in [-0.4, -0.2) is 17.6 Å². The van der Waals surface area contributed by atoms with Crippen molar-refractivity contribution in [3.63, 3.8) is 0 Å². The highest BCUT2D eigenvalue weighted by molar-refractivity contribution is 5.66. The summed E-state index contributed by atoms with van der Waals surface area (Å²) in [6, 6.07) is 0. The van der Waals surface area contributed by atoms with Crippen molar-refractivity contribution >= 4 is 5.97 Å². The Bertz CT molecular complexity index is 65.1. The van der Waals surface area contributed by atoms with E-state index in [0.717, 1.165) is 0 Å². The lowest BCUT2D eigenvalue weighted by Crippen LogP contribution is -2.02. The Kier molecular flexibility index (Phi) is 8.30. The number of aliphatic carboxylic acids is 1. The van der Waals surface area contributed by atoms with Gasteiger partial charge in [0, 0.05) is 6.42 Å². The van der Waals surface area contributed by atoms with Crippen LogP contribution >= 0.6 is 0 Å². The predicted octanol–water partition coefficient (Wildman–Crippen LogP) is -0.0281. The fourth-order valence-electron chi connectivity index (χ4n) is 0.253. The molecule has 6 N–H and O–H groups in total. The SMILES string of the molecule is N.NCCCC(=O)O. The summed E-state index contributed by atoms with van der Waals surface area (Å²) in [6.45, 7) is 0.465. The molecule has 0 aromatic heterocycles. The van der Waals surface area contributed by atoms with E-state index in [-0.39, 0.29) is 12.6 Å². The third-order valence-corrected chi connectivity index (χ3v) is 0.595. The Morgan fingerprint density at radius 2 is 2.12 bits per heavy atom. The lowest BCUT2D eigenvalue weighted by Gasteiger charge is -1.86. The van der Waals surface area contributed by atoms with Crippen LogP contribution in [-0.2, 0) is 4.79 Å². The molecule has 0 aliphatic carbocycles. The van der Waals surface area contributed by atoms with Crippen LogP contribution in [0.25, 0.3) is 0 Å². The van der Waals surface area contributed by atoms with Gasteiger partial charge in [0.05, 0.1) is 0 Å². The van der Waals surface area contributed by atoms with Crippen LogP contribution in [0.1, 0.15) is 12.8 Å². The van der Waals surface area contributed by atoms with Gasteiger partial charge in [-0.1, -0.05) is 0 Å². The summed E-state index contributed by atoms with van der Waals surface area (Å²) in [5, 5.41) is 7.99. The molecule has 0 aromatic carbocycles. The molecule has 0 spiro atoms. The average Bonchev–Trinajstić information content (AvgIpc) is 1.61.